The monoisotopic (exact) mass is 247 g/mol. The summed E-state index contributed by atoms with van der Waals surface area (Å²) in [5, 5.41) is 8.94. The van der Waals surface area contributed by atoms with Crippen LogP contribution in [0.4, 0.5) is 0 Å². The average Bonchev–Trinajstić information content (AvgIpc) is 2.35. The first-order chi connectivity index (χ1) is 8.74. The van der Waals surface area contributed by atoms with E-state index in [-0.39, 0.29) is 18.4 Å². The minimum absolute atomic E-state index is 0.0849. The number of hydrogen-bond donors (Lipinski definition) is 1. The Bertz CT molecular complexity index is 393. The zero-order valence-electron chi connectivity index (χ0n) is 10.9. The van der Waals surface area contributed by atoms with Crippen LogP contribution in [-0.4, -0.2) is 35.6 Å². The molecular weight excluding hydrogens is 226 g/mol. The van der Waals surface area contributed by atoms with Crippen molar-refractivity contribution >= 4 is 5.91 Å². The lowest BCUT2D eigenvalue weighted by Crippen LogP contribution is -2.51. The highest BCUT2D eigenvalue weighted by atomic mass is 16.3. The fourth-order valence-electron chi connectivity index (χ4n) is 2.23. The molecule has 1 aliphatic heterocycles. The number of nitrogens with zero attached hydrogens (tertiary/aromatic N) is 1. The number of aliphatic hydroxyl groups excluding tert-OH is 1. The van der Waals surface area contributed by atoms with Crippen LogP contribution in [0, 0.1) is 5.92 Å². The Kier molecular flexibility index (Phi) is 4.37. The summed E-state index contributed by atoms with van der Waals surface area (Å²) in [6.45, 7) is 3.74. The van der Waals surface area contributed by atoms with Crippen molar-refractivity contribution in [1.29, 1.82) is 0 Å². The second kappa shape index (κ2) is 6.01. The van der Waals surface area contributed by atoms with Crippen molar-refractivity contribution in [2.45, 2.75) is 26.2 Å². The van der Waals surface area contributed by atoms with Crippen LogP contribution in [-0.2, 0) is 6.42 Å². The Labute approximate surface area is 108 Å². The molecule has 18 heavy (non-hydrogen) atoms. The summed E-state index contributed by atoms with van der Waals surface area (Å²) >= 11 is 0. The van der Waals surface area contributed by atoms with E-state index in [4.69, 9.17) is 5.11 Å². The SMILES string of the molecule is CCCCc1ccc(C(=O)N2CC(CO)C2)cc1. The van der Waals surface area contributed by atoms with E-state index in [9.17, 15) is 4.79 Å². The molecular formula is C15H21NO2. The molecule has 1 N–H and O–H groups in total. The molecule has 3 nitrogen and oxygen atoms in total. The van der Waals surface area contributed by atoms with Gasteiger partial charge in [0.05, 0.1) is 0 Å². The number of amides is 1. The third kappa shape index (κ3) is 2.91. The fraction of sp³-hybridized carbons (Fsp3) is 0.533. The number of carbonyl (C=O) groups excluding carboxylic acids is 1. The summed E-state index contributed by atoms with van der Waals surface area (Å²) in [4.78, 5) is 13.9. The van der Waals surface area contributed by atoms with E-state index in [2.05, 4.69) is 6.92 Å². The highest BCUT2D eigenvalue weighted by Gasteiger charge is 2.30. The first-order valence-corrected chi connectivity index (χ1v) is 6.73. The molecule has 0 aromatic heterocycles. The maximum absolute atomic E-state index is 12.1. The number of hydrogen-bond acceptors (Lipinski definition) is 2. The number of likely N-dealkylation sites (tertiary alicyclic amines) is 1. The fourth-order valence-corrected chi connectivity index (χ4v) is 2.23. The number of aliphatic hydroxyl groups is 1. The first kappa shape index (κ1) is 13.1. The lowest BCUT2D eigenvalue weighted by Gasteiger charge is -2.38. The molecule has 0 spiro atoms. The number of rotatable bonds is 5. The van der Waals surface area contributed by atoms with Crippen LogP contribution >= 0.6 is 0 Å². The molecule has 1 saturated heterocycles. The topological polar surface area (TPSA) is 40.5 Å². The standard InChI is InChI=1S/C15H21NO2/c1-2-3-4-12-5-7-14(8-6-12)15(18)16-9-13(10-16)11-17/h5-8,13,17H,2-4,9-11H2,1H3. The molecule has 0 atom stereocenters. The third-order valence-corrected chi connectivity index (χ3v) is 3.52. The summed E-state index contributed by atoms with van der Waals surface area (Å²) in [7, 11) is 0. The van der Waals surface area contributed by atoms with Crippen molar-refractivity contribution < 1.29 is 9.90 Å². The first-order valence-electron chi connectivity index (χ1n) is 6.73. The lowest BCUT2D eigenvalue weighted by molar-refractivity contribution is 0.0362. The van der Waals surface area contributed by atoms with Gasteiger partial charge in [0.15, 0.2) is 0 Å². The quantitative estimate of drug-likeness (QED) is 0.865. The van der Waals surface area contributed by atoms with Crippen molar-refractivity contribution in [3.05, 3.63) is 35.4 Å². The van der Waals surface area contributed by atoms with Gasteiger partial charge in [0.1, 0.15) is 0 Å². The largest absolute Gasteiger partial charge is 0.396 e. The third-order valence-electron chi connectivity index (χ3n) is 3.52. The van der Waals surface area contributed by atoms with Gasteiger partial charge in [0.2, 0.25) is 0 Å². The molecule has 1 amide bonds. The molecule has 0 aliphatic carbocycles. The summed E-state index contributed by atoms with van der Waals surface area (Å²) < 4.78 is 0. The highest BCUT2D eigenvalue weighted by molar-refractivity contribution is 5.94. The molecule has 98 valence electrons. The Balaban J connectivity index is 1.91. The predicted octanol–water partition coefficient (Wildman–Crippen LogP) is 2.09. The number of carbonyl (C=O) groups is 1. The lowest BCUT2D eigenvalue weighted by atomic mass is 9.99. The Morgan fingerprint density at radius 1 is 1.33 bits per heavy atom. The van der Waals surface area contributed by atoms with Gasteiger partial charge in [-0.2, -0.15) is 0 Å². The van der Waals surface area contributed by atoms with E-state index in [0.29, 0.717) is 13.1 Å². The van der Waals surface area contributed by atoms with Gasteiger partial charge < -0.3 is 10.0 Å². The molecule has 1 heterocycles. The van der Waals surface area contributed by atoms with Crippen molar-refractivity contribution in [1.82, 2.24) is 4.90 Å². The van der Waals surface area contributed by atoms with Crippen molar-refractivity contribution in [3.63, 3.8) is 0 Å². The van der Waals surface area contributed by atoms with Crippen LogP contribution in [0.2, 0.25) is 0 Å². The molecule has 3 heteroatoms. The normalized spacial score (nSPS) is 15.6. The van der Waals surface area contributed by atoms with Crippen LogP contribution < -0.4 is 0 Å². The summed E-state index contributed by atoms with van der Waals surface area (Å²) in [6, 6.07) is 7.93. The van der Waals surface area contributed by atoms with Crippen LogP contribution in [0.25, 0.3) is 0 Å². The van der Waals surface area contributed by atoms with Gasteiger partial charge in [-0.3, -0.25) is 4.79 Å². The minimum atomic E-state index is 0.0849. The second-order valence-electron chi connectivity index (χ2n) is 5.06. The molecule has 0 radical (unpaired) electrons. The number of benzene rings is 1. The average molecular weight is 247 g/mol. The zero-order valence-corrected chi connectivity index (χ0v) is 10.9. The smallest absolute Gasteiger partial charge is 0.253 e. The summed E-state index contributed by atoms with van der Waals surface area (Å²) in [6.07, 6.45) is 3.47. The van der Waals surface area contributed by atoms with Crippen molar-refractivity contribution in [2.24, 2.45) is 5.92 Å². The Morgan fingerprint density at radius 2 is 2.00 bits per heavy atom. The van der Waals surface area contributed by atoms with Gasteiger partial charge >= 0.3 is 0 Å². The molecule has 1 fully saturated rings. The van der Waals surface area contributed by atoms with E-state index in [1.165, 1.54) is 18.4 Å². The van der Waals surface area contributed by atoms with Crippen LogP contribution in [0.15, 0.2) is 24.3 Å². The van der Waals surface area contributed by atoms with E-state index in [0.717, 1.165) is 12.0 Å². The van der Waals surface area contributed by atoms with Gasteiger partial charge in [-0.25, -0.2) is 0 Å². The second-order valence-corrected chi connectivity index (χ2v) is 5.06. The molecule has 1 aliphatic rings. The maximum Gasteiger partial charge on any atom is 0.253 e. The Morgan fingerprint density at radius 3 is 2.56 bits per heavy atom. The number of aryl methyl sites for hydroxylation is 1. The van der Waals surface area contributed by atoms with Crippen LogP contribution in [0.3, 0.4) is 0 Å². The highest BCUT2D eigenvalue weighted by Crippen LogP contribution is 2.18. The predicted molar refractivity (Wildman–Crippen MR) is 71.5 cm³/mol. The molecule has 0 saturated carbocycles. The van der Waals surface area contributed by atoms with E-state index in [1.807, 2.05) is 24.3 Å². The number of unbranched alkanes of at least 4 members (excludes halogenated alkanes) is 1. The van der Waals surface area contributed by atoms with E-state index < -0.39 is 0 Å². The van der Waals surface area contributed by atoms with E-state index >= 15 is 0 Å². The van der Waals surface area contributed by atoms with Crippen molar-refractivity contribution in [3.8, 4) is 0 Å². The maximum atomic E-state index is 12.1. The van der Waals surface area contributed by atoms with Gasteiger partial charge in [0, 0.05) is 31.2 Å². The molecule has 0 bridgehead atoms. The summed E-state index contributed by atoms with van der Waals surface area (Å²) in [5.74, 6) is 0.361. The van der Waals surface area contributed by atoms with Gasteiger partial charge in [-0.05, 0) is 30.5 Å². The van der Waals surface area contributed by atoms with Gasteiger partial charge in [0.25, 0.3) is 5.91 Å². The zero-order chi connectivity index (χ0) is 13.0. The molecule has 2 rings (SSSR count). The molecule has 0 unspecified atom stereocenters. The molecule has 1 aromatic rings. The summed E-state index contributed by atoms with van der Waals surface area (Å²) in [5.41, 5.74) is 2.05. The van der Waals surface area contributed by atoms with Crippen LogP contribution in [0.1, 0.15) is 35.7 Å². The van der Waals surface area contributed by atoms with Crippen molar-refractivity contribution in [2.75, 3.05) is 19.7 Å². The van der Waals surface area contributed by atoms with Gasteiger partial charge in [-0.15, -0.1) is 0 Å². The van der Waals surface area contributed by atoms with E-state index in [1.54, 1.807) is 4.90 Å². The Hall–Kier alpha value is -1.35. The minimum Gasteiger partial charge on any atom is -0.396 e. The van der Waals surface area contributed by atoms with Crippen LogP contribution in [0.5, 0.6) is 0 Å². The van der Waals surface area contributed by atoms with Gasteiger partial charge in [-0.1, -0.05) is 25.5 Å². The molecule has 1 aromatic carbocycles.